The lowest BCUT2D eigenvalue weighted by Crippen LogP contribution is -2.22. The molecule has 1 aliphatic heterocycles. The van der Waals surface area contributed by atoms with Gasteiger partial charge in [0.2, 0.25) is 0 Å². The molecule has 0 saturated heterocycles. The first-order valence-corrected chi connectivity index (χ1v) is 5.03. The second-order valence-electron chi connectivity index (χ2n) is 3.20. The van der Waals surface area contributed by atoms with Crippen LogP contribution in [0.5, 0.6) is 11.5 Å². The molecule has 0 radical (unpaired) electrons. The normalized spacial score (nSPS) is 13.7. The van der Waals surface area contributed by atoms with Crippen LogP contribution in [0, 0.1) is 5.82 Å². The summed E-state index contributed by atoms with van der Waals surface area (Å²) in [5.41, 5.74) is 4.97. The molecule has 0 saturated carbocycles. The number of carbonyl (C=O) groups excluding carboxylic acids is 1. The number of rotatable bonds is 2. The summed E-state index contributed by atoms with van der Waals surface area (Å²) in [4.78, 5) is 11.5. The maximum Gasteiger partial charge on any atom is 0.183 e. The molecule has 0 aliphatic carbocycles. The fourth-order valence-electron chi connectivity index (χ4n) is 1.48. The molecular formula is C10H9ClFNO3. The van der Waals surface area contributed by atoms with Gasteiger partial charge in [-0.1, -0.05) is 11.6 Å². The van der Waals surface area contributed by atoms with E-state index in [0.717, 1.165) is 0 Å². The summed E-state index contributed by atoms with van der Waals surface area (Å²) in [6, 6.07) is 1.29. The van der Waals surface area contributed by atoms with Crippen molar-refractivity contribution in [3.05, 3.63) is 22.5 Å². The molecule has 1 aromatic carbocycles. The first kappa shape index (κ1) is 11.2. The van der Waals surface area contributed by atoms with Crippen LogP contribution in [-0.4, -0.2) is 25.5 Å². The van der Waals surface area contributed by atoms with Gasteiger partial charge < -0.3 is 15.2 Å². The molecule has 0 fully saturated rings. The Labute approximate surface area is 96.1 Å². The molecule has 0 spiro atoms. The second kappa shape index (κ2) is 4.27. The van der Waals surface area contributed by atoms with Gasteiger partial charge in [-0.2, -0.15) is 0 Å². The van der Waals surface area contributed by atoms with E-state index in [2.05, 4.69) is 0 Å². The average Bonchev–Trinajstić information content (AvgIpc) is 2.30. The molecule has 0 aromatic heterocycles. The van der Waals surface area contributed by atoms with E-state index in [1.165, 1.54) is 6.07 Å². The topological polar surface area (TPSA) is 61.6 Å². The summed E-state index contributed by atoms with van der Waals surface area (Å²) in [6.45, 7) is 0.289. The molecule has 0 atom stereocenters. The number of carbonyl (C=O) groups is 1. The van der Waals surface area contributed by atoms with E-state index in [0.29, 0.717) is 6.61 Å². The number of ether oxygens (including phenoxy) is 2. The summed E-state index contributed by atoms with van der Waals surface area (Å²) in [5.74, 6) is -1.03. The highest BCUT2D eigenvalue weighted by Crippen LogP contribution is 2.39. The third kappa shape index (κ3) is 1.72. The monoisotopic (exact) mass is 245 g/mol. The van der Waals surface area contributed by atoms with E-state index in [1.54, 1.807) is 0 Å². The minimum absolute atomic E-state index is 0.0867. The average molecular weight is 246 g/mol. The minimum atomic E-state index is -0.818. The standard InChI is InChI=1S/C10H9ClFNO3/c11-5-3-7-10(16-2-1-15-7)8(9(5)12)6(14)4-13/h3H,1-2,4,13H2. The van der Waals surface area contributed by atoms with Crippen molar-refractivity contribution in [2.75, 3.05) is 19.8 Å². The summed E-state index contributed by atoms with van der Waals surface area (Å²) in [6.07, 6.45) is 0. The molecule has 0 bridgehead atoms. The SMILES string of the molecule is NCC(=O)c1c(F)c(Cl)cc2c1OCCO2. The lowest BCUT2D eigenvalue weighted by molar-refractivity contribution is 0.0985. The summed E-state index contributed by atoms with van der Waals surface area (Å²) in [5, 5.41) is -0.180. The Kier molecular flexibility index (Phi) is 2.98. The Morgan fingerprint density at radius 2 is 2.19 bits per heavy atom. The molecule has 2 N–H and O–H groups in total. The van der Waals surface area contributed by atoms with Gasteiger partial charge >= 0.3 is 0 Å². The molecule has 2 rings (SSSR count). The fourth-order valence-corrected chi connectivity index (χ4v) is 1.68. The summed E-state index contributed by atoms with van der Waals surface area (Å²) < 4.78 is 24.1. The number of hydrogen-bond acceptors (Lipinski definition) is 4. The lowest BCUT2D eigenvalue weighted by atomic mass is 10.1. The predicted octanol–water partition coefficient (Wildman–Crippen LogP) is 1.39. The van der Waals surface area contributed by atoms with Crippen LogP contribution in [0.3, 0.4) is 0 Å². The predicted molar refractivity (Wildman–Crippen MR) is 55.8 cm³/mol. The van der Waals surface area contributed by atoms with Crippen LogP contribution in [0.2, 0.25) is 5.02 Å². The van der Waals surface area contributed by atoms with Crippen molar-refractivity contribution in [2.24, 2.45) is 5.73 Å². The third-order valence-corrected chi connectivity index (χ3v) is 2.46. The second-order valence-corrected chi connectivity index (χ2v) is 3.61. The molecule has 4 nitrogen and oxygen atoms in total. The smallest absolute Gasteiger partial charge is 0.183 e. The Balaban J connectivity index is 2.63. The molecule has 16 heavy (non-hydrogen) atoms. The van der Waals surface area contributed by atoms with E-state index < -0.39 is 11.6 Å². The Bertz CT molecular complexity index is 450. The molecule has 86 valence electrons. The molecule has 6 heteroatoms. The van der Waals surface area contributed by atoms with Crippen LogP contribution < -0.4 is 15.2 Å². The maximum absolute atomic E-state index is 13.7. The molecular weight excluding hydrogens is 237 g/mol. The van der Waals surface area contributed by atoms with Crippen molar-refractivity contribution in [1.29, 1.82) is 0 Å². The zero-order chi connectivity index (χ0) is 11.7. The highest BCUT2D eigenvalue weighted by atomic mass is 35.5. The number of benzene rings is 1. The van der Waals surface area contributed by atoms with Crippen LogP contribution in [-0.2, 0) is 0 Å². The van der Waals surface area contributed by atoms with Crippen molar-refractivity contribution in [2.45, 2.75) is 0 Å². The van der Waals surface area contributed by atoms with Gasteiger partial charge in [0.15, 0.2) is 23.1 Å². The van der Waals surface area contributed by atoms with E-state index >= 15 is 0 Å². The van der Waals surface area contributed by atoms with Crippen molar-refractivity contribution in [3.63, 3.8) is 0 Å². The molecule has 1 aliphatic rings. The first-order valence-electron chi connectivity index (χ1n) is 4.66. The zero-order valence-corrected chi connectivity index (χ0v) is 9.01. The third-order valence-electron chi connectivity index (χ3n) is 2.19. The van der Waals surface area contributed by atoms with Crippen LogP contribution in [0.4, 0.5) is 4.39 Å². The van der Waals surface area contributed by atoms with Crippen LogP contribution in [0.25, 0.3) is 0 Å². The van der Waals surface area contributed by atoms with E-state index in [1.807, 2.05) is 0 Å². The minimum Gasteiger partial charge on any atom is -0.486 e. The number of Topliss-reactive ketones (excluding diaryl/α,β-unsaturated/α-hetero) is 1. The van der Waals surface area contributed by atoms with E-state index in [-0.39, 0.29) is 35.2 Å². The van der Waals surface area contributed by atoms with Gasteiger partial charge in [0.05, 0.1) is 11.6 Å². The quantitative estimate of drug-likeness (QED) is 0.800. The van der Waals surface area contributed by atoms with Crippen molar-refractivity contribution in [1.82, 2.24) is 0 Å². The van der Waals surface area contributed by atoms with Crippen molar-refractivity contribution >= 4 is 17.4 Å². The van der Waals surface area contributed by atoms with Gasteiger partial charge in [-0.25, -0.2) is 4.39 Å². The molecule has 1 heterocycles. The first-order chi connectivity index (χ1) is 7.65. The molecule has 1 aromatic rings. The van der Waals surface area contributed by atoms with Gasteiger partial charge in [-0.3, -0.25) is 4.79 Å². The number of hydrogen-bond donors (Lipinski definition) is 1. The number of ketones is 1. The molecule has 0 amide bonds. The molecule has 0 unspecified atom stereocenters. The van der Waals surface area contributed by atoms with E-state index in [9.17, 15) is 9.18 Å². The van der Waals surface area contributed by atoms with Gasteiger partial charge in [0.25, 0.3) is 0 Å². The Hall–Kier alpha value is -1.33. The Morgan fingerprint density at radius 3 is 2.88 bits per heavy atom. The summed E-state index contributed by atoms with van der Waals surface area (Å²) >= 11 is 5.65. The maximum atomic E-state index is 13.7. The van der Waals surface area contributed by atoms with Gasteiger partial charge in [-0.15, -0.1) is 0 Å². The largest absolute Gasteiger partial charge is 0.486 e. The zero-order valence-electron chi connectivity index (χ0n) is 8.26. The lowest BCUT2D eigenvalue weighted by Gasteiger charge is -2.21. The highest BCUT2D eigenvalue weighted by Gasteiger charge is 2.26. The van der Waals surface area contributed by atoms with Crippen LogP contribution in [0.1, 0.15) is 10.4 Å². The number of nitrogens with two attached hydrogens (primary N) is 1. The van der Waals surface area contributed by atoms with Gasteiger partial charge in [0, 0.05) is 6.07 Å². The van der Waals surface area contributed by atoms with Gasteiger partial charge in [0.1, 0.15) is 18.8 Å². The van der Waals surface area contributed by atoms with E-state index in [4.69, 9.17) is 26.8 Å². The van der Waals surface area contributed by atoms with Gasteiger partial charge in [-0.05, 0) is 0 Å². The number of halogens is 2. The van der Waals surface area contributed by atoms with Crippen molar-refractivity contribution < 1.29 is 18.7 Å². The Morgan fingerprint density at radius 1 is 1.50 bits per heavy atom. The summed E-state index contributed by atoms with van der Waals surface area (Å²) in [7, 11) is 0. The van der Waals surface area contributed by atoms with Crippen LogP contribution >= 0.6 is 11.6 Å². The van der Waals surface area contributed by atoms with Crippen LogP contribution in [0.15, 0.2) is 6.07 Å². The fraction of sp³-hybridized carbons (Fsp3) is 0.300. The highest BCUT2D eigenvalue weighted by molar-refractivity contribution is 6.31. The van der Waals surface area contributed by atoms with Crippen molar-refractivity contribution in [3.8, 4) is 11.5 Å². The number of fused-ring (bicyclic) bond motifs is 1.